The molecule has 0 fully saturated rings. The summed E-state index contributed by atoms with van der Waals surface area (Å²) >= 11 is 0.992. The Morgan fingerprint density at radius 3 is 2.63 bits per heavy atom. The Labute approximate surface area is 110 Å². The van der Waals surface area contributed by atoms with E-state index >= 15 is 0 Å². The first-order chi connectivity index (χ1) is 8.77. The SMILES string of the molecule is Cc1ccc2nc(C(=O)CC(=O)C(F)(F)F)sc2c1. The van der Waals surface area contributed by atoms with Crippen molar-refractivity contribution >= 4 is 33.1 Å². The Morgan fingerprint density at radius 1 is 1.32 bits per heavy atom. The van der Waals surface area contributed by atoms with Gasteiger partial charge < -0.3 is 0 Å². The molecule has 0 saturated carbocycles. The number of carbonyl (C=O) groups excluding carboxylic acids is 2. The van der Waals surface area contributed by atoms with E-state index in [0.717, 1.165) is 16.9 Å². The summed E-state index contributed by atoms with van der Waals surface area (Å²) in [5.41, 5.74) is 1.50. The minimum absolute atomic E-state index is 0.0711. The fourth-order valence-electron chi connectivity index (χ4n) is 1.47. The second-order valence-corrected chi connectivity index (χ2v) is 5.04. The molecule has 0 spiro atoms. The summed E-state index contributed by atoms with van der Waals surface area (Å²) in [6, 6.07) is 5.26. The number of Topliss-reactive ketones (excluding diaryl/α,β-unsaturated/α-hetero) is 2. The number of carbonyl (C=O) groups is 2. The number of fused-ring (bicyclic) bond motifs is 1. The highest BCUT2D eigenvalue weighted by Crippen LogP contribution is 2.25. The molecule has 3 nitrogen and oxygen atoms in total. The van der Waals surface area contributed by atoms with Crippen LogP contribution in [0.3, 0.4) is 0 Å². The monoisotopic (exact) mass is 287 g/mol. The largest absolute Gasteiger partial charge is 0.450 e. The molecule has 2 aromatic rings. The van der Waals surface area contributed by atoms with Gasteiger partial charge in [0.15, 0.2) is 10.8 Å². The lowest BCUT2D eigenvalue weighted by molar-refractivity contribution is -0.170. The third kappa shape index (κ3) is 2.98. The smallest absolute Gasteiger partial charge is 0.291 e. The molecule has 0 bridgehead atoms. The highest BCUT2D eigenvalue weighted by atomic mass is 32.1. The van der Waals surface area contributed by atoms with Crippen molar-refractivity contribution in [1.82, 2.24) is 4.98 Å². The minimum Gasteiger partial charge on any atom is -0.291 e. The van der Waals surface area contributed by atoms with Crippen molar-refractivity contribution in [2.75, 3.05) is 0 Å². The van der Waals surface area contributed by atoms with Gasteiger partial charge in [-0.15, -0.1) is 11.3 Å². The van der Waals surface area contributed by atoms with Gasteiger partial charge in [0.1, 0.15) is 0 Å². The molecule has 0 radical (unpaired) electrons. The summed E-state index contributed by atoms with van der Waals surface area (Å²) < 4.78 is 36.9. The summed E-state index contributed by atoms with van der Waals surface area (Å²) in [6.45, 7) is 1.85. The van der Waals surface area contributed by atoms with Crippen molar-refractivity contribution in [3.05, 3.63) is 28.8 Å². The summed E-state index contributed by atoms with van der Waals surface area (Å²) in [5, 5.41) is -0.0711. The highest BCUT2D eigenvalue weighted by molar-refractivity contribution is 7.20. The lowest BCUT2D eigenvalue weighted by Crippen LogP contribution is -2.25. The highest BCUT2D eigenvalue weighted by Gasteiger charge is 2.39. The molecule has 0 aliphatic carbocycles. The molecule has 0 atom stereocenters. The maximum Gasteiger partial charge on any atom is 0.450 e. The minimum atomic E-state index is -4.98. The number of alkyl halides is 3. The van der Waals surface area contributed by atoms with Crippen molar-refractivity contribution in [2.24, 2.45) is 0 Å². The van der Waals surface area contributed by atoms with E-state index in [1.165, 1.54) is 0 Å². The second kappa shape index (κ2) is 4.73. The zero-order valence-corrected chi connectivity index (χ0v) is 10.6. The normalized spacial score (nSPS) is 11.8. The predicted molar refractivity (Wildman–Crippen MR) is 64.4 cm³/mol. The average molecular weight is 287 g/mol. The summed E-state index contributed by atoms with van der Waals surface area (Å²) in [6.07, 6.45) is -6.18. The maximum absolute atomic E-state index is 12.1. The van der Waals surface area contributed by atoms with Crippen LogP contribution in [0, 0.1) is 6.92 Å². The van der Waals surface area contributed by atoms with Crippen LogP contribution < -0.4 is 0 Å². The van der Waals surface area contributed by atoms with E-state index in [4.69, 9.17) is 0 Å². The molecule has 100 valence electrons. The van der Waals surface area contributed by atoms with Gasteiger partial charge >= 0.3 is 6.18 Å². The van der Waals surface area contributed by atoms with Crippen LogP contribution in [-0.2, 0) is 4.79 Å². The third-order valence-electron chi connectivity index (χ3n) is 2.42. The molecule has 1 aromatic heterocycles. The van der Waals surface area contributed by atoms with Crippen molar-refractivity contribution in [3.8, 4) is 0 Å². The summed E-state index contributed by atoms with van der Waals surface area (Å²) in [7, 11) is 0. The van der Waals surface area contributed by atoms with Gasteiger partial charge in [0, 0.05) is 0 Å². The van der Waals surface area contributed by atoms with Crippen molar-refractivity contribution in [1.29, 1.82) is 0 Å². The number of halogens is 3. The van der Waals surface area contributed by atoms with E-state index in [1.807, 2.05) is 6.92 Å². The number of hydrogen-bond donors (Lipinski definition) is 0. The number of hydrogen-bond acceptors (Lipinski definition) is 4. The number of nitrogens with zero attached hydrogens (tertiary/aromatic N) is 1. The second-order valence-electron chi connectivity index (χ2n) is 4.01. The van der Waals surface area contributed by atoms with Crippen LogP contribution in [0.2, 0.25) is 0 Å². The van der Waals surface area contributed by atoms with Gasteiger partial charge in [-0.3, -0.25) is 9.59 Å². The van der Waals surface area contributed by atoms with E-state index < -0.39 is 24.2 Å². The molecule has 2 rings (SSSR count). The number of benzene rings is 1. The molecule has 7 heteroatoms. The van der Waals surface area contributed by atoms with E-state index in [0.29, 0.717) is 10.2 Å². The predicted octanol–water partition coefficient (Wildman–Crippen LogP) is 3.31. The number of aryl methyl sites for hydroxylation is 1. The number of ketones is 2. The summed E-state index contributed by atoms with van der Waals surface area (Å²) in [5.74, 6) is -2.95. The Balaban J connectivity index is 2.25. The molecule has 0 saturated heterocycles. The standard InChI is InChI=1S/C12H8F3NO2S/c1-6-2-3-7-9(4-6)19-11(16-7)8(17)5-10(18)12(13,14)15/h2-4H,5H2,1H3. The lowest BCUT2D eigenvalue weighted by atomic mass is 10.2. The van der Waals surface area contributed by atoms with Gasteiger partial charge in [-0.05, 0) is 24.6 Å². The molecule has 0 N–H and O–H groups in total. The fourth-order valence-corrected chi connectivity index (χ4v) is 2.47. The Kier molecular flexibility index (Phi) is 3.40. The van der Waals surface area contributed by atoms with Gasteiger partial charge in [0.05, 0.1) is 16.6 Å². The topological polar surface area (TPSA) is 47.0 Å². The van der Waals surface area contributed by atoms with Crippen LogP contribution in [0.1, 0.15) is 21.8 Å². The Hall–Kier alpha value is -1.76. The molecular formula is C12H8F3NO2S. The average Bonchev–Trinajstić information content (AvgIpc) is 2.70. The molecule has 19 heavy (non-hydrogen) atoms. The van der Waals surface area contributed by atoms with Crippen LogP contribution in [0.25, 0.3) is 10.2 Å². The van der Waals surface area contributed by atoms with Gasteiger partial charge in [-0.1, -0.05) is 6.07 Å². The van der Waals surface area contributed by atoms with Crippen LogP contribution >= 0.6 is 11.3 Å². The van der Waals surface area contributed by atoms with Gasteiger partial charge in [-0.2, -0.15) is 13.2 Å². The molecule has 1 aromatic carbocycles. The first-order valence-electron chi connectivity index (χ1n) is 5.28. The molecule has 1 heterocycles. The molecule has 0 aliphatic heterocycles. The quantitative estimate of drug-likeness (QED) is 0.642. The van der Waals surface area contributed by atoms with Gasteiger partial charge in [0.25, 0.3) is 0 Å². The van der Waals surface area contributed by atoms with E-state index in [-0.39, 0.29) is 5.01 Å². The first kappa shape index (κ1) is 13.7. The Morgan fingerprint density at radius 2 is 2.00 bits per heavy atom. The van der Waals surface area contributed by atoms with E-state index in [2.05, 4.69) is 4.98 Å². The van der Waals surface area contributed by atoms with Crippen molar-refractivity contribution in [2.45, 2.75) is 19.5 Å². The van der Waals surface area contributed by atoms with Crippen LogP contribution in [0.15, 0.2) is 18.2 Å². The zero-order valence-electron chi connectivity index (χ0n) is 9.75. The number of thiazole rings is 1. The van der Waals surface area contributed by atoms with Crippen molar-refractivity contribution < 1.29 is 22.8 Å². The number of aromatic nitrogens is 1. The maximum atomic E-state index is 12.1. The molecule has 0 amide bonds. The lowest BCUT2D eigenvalue weighted by Gasteiger charge is -2.02. The van der Waals surface area contributed by atoms with E-state index in [9.17, 15) is 22.8 Å². The fraction of sp³-hybridized carbons (Fsp3) is 0.250. The molecule has 0 unspecified atom stereocenters. The first-order valence-corrected chi connectivity index (χ1v) is 6.09. The third-order valence-corrected chi connectivity index (χ3v) is 3.48. The number of rotatable bonds is 3. The van der Waals surface area contributed by atoms with Gasteiger partial charge in [-0.25, -0.2) is 4.98 Å². The molecule has 0 aliphatic rings. The zero-order chi connectivity index (χ0) is 14.2. The van der Waals surface area contributed by atoms with Crippen LogP contribution in [0.5, 0.6) is 0 Å². The van der Waals surface area contributed by atoms with Crippen LogP contribution in [-0.4, -0.2) is 22.7 Å². The van der Waals surface area contributed by atoms with Gasteiger partial charge in [0.2, 0.25) is 5.78 Å². The van der Waals surface area contributed by atoms with Crippen molar-refractivity contribution in [3.63, 3.8) is 0 Å². The Bertz CT molecular complexity index is 661. The molecular weight excluding hydrogens is 279 g/mol. The van der Waals surface area contributed by atoms with Crippen LogP contribution in [0.4, 0.5) is 13.2 Å². The van der Waals surface area contributed by atoms with E-state index in [1.54, 1.807) is 18.2 Å². The summed E-state index contributed by atoms with van der Waals surface area (Å²) in [4.78, 5) is 26.3.